The molecule has 4 rings (SSSR count). The lowest BCUT2D eigenvalue weighted by Crippen LogP contribution is -2.21. The molecule has 0 amide bonds. The topological polar surface area (TPSA) is 55.3 Å². The van der Waals surface area contributed by atoms with E-state index in [0.717, 1.165) is 17.9 Å². The molecule has 0 saturated carbocycles. The Kier molecular flexibility index (Phi) is 4.09. The number of nitrogens with two attached hydrogens (primary N) is 1. The number of aromatic nitrogens is 1. The maximum atomic E-state index is 6.10. The van der Waals surface area contributed by atoms with Crippen LogP contribution in [0.5, 0.6) is 0 Å². The molecule has 0 fully saturated rings. The van der Waals surface area contributed by atoms with Gasteiger partial charge in [0.1, 0.15) is 0 Å². The van der Waals surface area contributed by atoms with E-state index in [1.54, 1.807) is 0 Å². The number of fused-ring (bicyclic) bond motifs is 3. The van der Waals surface area contributed by atoms with E-state index in [2.05, 4.69) is 65.1 Å². The molecule has 26 heavy (non-hydrogen) atoms. The maximum absolute atomic E-state index is 6.10. The van der Waals surface area contributed by atoms with Crippen LogP contribution in [0.3, 0.4) is 0 Å². The molecule has 0 atom stereocenters. The molecule has 0 aliphatic rings. The number of rotatable bonds is 3. The highest BCUT2D eigenvalue weighted by atomic mass is 15.1. The number of para-hydroxylation sites is 1. The molecule has 4 aromatic rings. The van der Waals surface area contributed by atoms with E-state index in [4.69, 9.17) is 5.73 Å². The third-order valence-electron chi connectivity index (χ3n) is 4.64. The summed E-state index contributed by atoms with van der Waals surface area (Å²) in [6.45, 7) is 5.16. The molecule has 3 aromatic carbocycles. The Labute approximate surface area is 153 Å². The van der Waals surface area contributed by atoms with Gasteiger partial charge in [-0.3, -0.25) is 0 Å². The monoisotopic (exact) mass is 342 g/mol. The molecule has 0 bridgehead atoms. The third kappa shape index (κ3) is 2.90. The van der Waals surface area contributed by atoms with Gasteiger partial charge in [0.05, 0.1) is 5.69 Å². The second kappa shape index (κ2) is 6.56. The van der Waals surface area contributed by atoms with Crippen LogP contribution in [-0.2, 0) is 6.54 Å². The molecule has 4 heteroatoms. The number of nitrogens with one attached hydrogen (secondary N) is 1. The van der Waals surface area contributed by atoms with Crippen molar-refractivity contribution in [1.29, 1.82) is 0 Å². The number of benzene rings is 3. The molecule has 0 saturated heterocycles. The molecule has 1 aromatic heterocycles. The SMILES string of the molecule is CCn1c2ccccc2c2cc(NC(N)=Nc3ccc(C)cc3)ccc21. The minimum atomic E-state index is 0.382. The third-order valence-corrected chi connectivity index (χ3v) is 4.64. The molecular weight excluding hydrogens is 320 g/mol. The van der Waals surface area contributed by atoms with E-state index in [1.807, 2.05) is 30.3 Å². The zero-order valence-electron chi connectivity index (χ0n) is 15.0. The summed E-state index contributed by atoms with van der Waals surface area (Å²) in [5.74, 6) is 0.382. The van der Waals surface area contributed by atoms with Gasteiger partial charge in [0.2, 0.25) is 0 Å². The average molecular weight is 342 g/mol. The van der Waals surface area contributed by atoms with Crippen molar-refractivity contribution in [2.45, 2.75) is 20.4 Å². The van der Waals surface area contributed by atoms with Gasteiger partial charge in [-0.05, 0) is 50.2 Å². The number of guanidine groups is 1. The van der Waals surface area contributed by atoms with Gasteiger partial charge in [-0.25, -0.2) is 4.99 Å². The lowest BCUT2D eigenvalue weighted by molar-refractivity contribution is 0.827. The summed E-state index contributed by atoms with van der Waals surface area (Å²) < 4.78 is 2.33. The van der Waals surface area contributed by atoms with Crippen LogP contribution in [-0.4, -0.2) is 10.5 Å². The predicted octanol–water partition coefficient (Wildman–Crippen LogP) is 5.18. The largest absolute Gasteiger partial charge is 0.369 e. The molecule has 130 valence electrons. The van der Waals surface area contributed by atoms with Crippen molar-refractivity contribution in [3.8, 4) is 0 Å². The smallest absolute Gasteiger partial charge is 0.198 e. The van der Waals surface area contributed by atoms with Gasteiger partial charge in [-0.1, -0.05) is 35.9 Å². The van der Waals surface area contributed by atoms with E-state index < -0.39 is 0 Å². The van der Waals surface area contributed by atoms with Crippen LogP contribution in [0, 0.1) is 6.92 Å². The van der Waals surface area contributed by atoms with E-state index in [9.17, 15) is 0 Å². The van der Waals surface area contributed by atoms with Gasteiger partial charge in [0, 0.05) is 34.0 Å². The van der Waals surface area contributed by atoms with Gasteiger partial charge in [0.15, 0.2) is 5.96 Å². The quantitative estimate of drug-likeness (QED) is 0.398. The fraction of sp³-hybridized carbons (Fsp3) is 0.136. The summed E-state index contributed by atoms with van der Waals surface area (Å²) in [5, 5.41) is 5.68. The second-order valence-electron chi connectivity index (χ2n) is 6.45. The number of anilines is 1. The number of nitrogens with zero attached hydrogens (tertiary/aromatic N) is 2. The molecule has 4 nitrogen and oxygen atoms in total. The Balaban J connectivity index is 1.71. The predicted molar refractivity (Wildman–Crippen MR) is 111 cm³/mol. The van der Waals surface area contributed by atoms with Crippen molar-refractivity contribution in [3.05, 3.63) is 72.3 Å². The van der Waals surface area contributed by atoms with Crippen molar-refractivity contribution in [2.75, 3.05) is 5.32 Å². The highest BCUT2D eigenvalue weighted by molar-refractivity contribution is 6.10. The first-order valence-electron chi connectivity index (χ1n) is 8.84. The van der Waals surface area contributed by atoms with Crippen LogP contribution < -0.4 is 11.1 Å². The normalized spacial score (nSPS) is 12.0. The van der Waals surface area contributed by atoms with Crippen LogP contribution in [0.25, 0.3) is 21.8 Å². The minimum absolute atomic E-state index is 0.382. The van der Waals surface area contributed by atoms with E-state index in [1.165, 1.54) is 27.4 Å². The van der Waals surface area contributed by atoms with Crippen LogP contribution in [0.15, 0.2) is 71.7 Å². The Bertz CT molecular complexity index is 1100. The zero-order valence-corrected chi connectivity index (χ0v) is 15.0. The molecular formula is C22H22N4. The summed E-state index contributed by atoms with van der Waals surface area (Å²) in [6, 6.07) is 22.8. The fourth-order valence-electron chi connectivity index (χ4n) is 3.41. The molecule has 0 spiro atoms. The molecule has 0 radical (unpaired) electrons. The van der Waals surface area contributed by atoms with E-state index in [-0.39, 0.29) is 0 Å². The Morgan fingerprint density at radius 1 is 0.962 bits per heavy atom. The summed E-state index contributed by atoms with van der Waals surface area (Å²) in [5.41, 5.74) is 11.6. The Morgan fingerprint density at radius 2 is 1.69 bits per heavy atom. The first-order valence-corrected chi connectivity index (χ1v) is 8.84. The van der Waals surface area contributed by atoms with Gasteiger partial charge in [0.25, 0.3) is 0 Å². The first-order chi connectivity index (χ1) is 12.7. The van der Waals surface area contributed by atoms with Gasteiger partial charge in [-0.15, -0.1) is 0 Å². The number of aliphatic imine (C=N–C) groups is 1. The zero-order chi connectivity index (χ0) is 18.1. The number of hydrogen-bond acceptors (Lipinski definition) is 1. The van der Waals surface area contributed by atoms with E-state index >= 15 is 0 Å². The summed E-state index contributed by atoms with van der Waals surface area (Å²) in [7, 11) is 0. The lowest BCUT2D eigenvalue weighted by atomic mass is 10.1. The highest BCUT2D eigenvalue weighted by Crippen LogP contribution is 2.31. The molecule has 0 aliphatic heterocycles. The van der Waals surface area contributed by atoms with Crippen LogP contribution in [0.2, 0.25) is 0 Å². The van der Waals surface area contributed by atoms with Crippen molar-refractivity contribution in [3.63, 3.8) is 0 Å². The molecule has 0 unspecified atom stereocenters. The highest BCUT2D eigenvalue weighted by Gasteiger charge is 2.09. The van der Waals surface area contributed by atoms with Crippen LogP contribution in [0.1, 0.15) is 12.5 Å². The molecule has 1 heterocycles. The number of aryl methyl sites for hydroxylation is 2. The maximum Gasteiger partial charge on any atom is 0.198 e. The Morgan fingerprint density at radius 3 is 2.46 bits per heavy atom. The Hall–Kier alpha value is -3.27. The van der Waals surface area contributed by atoms with Gasteiger partial charge in [-0.2, -0.15) is 0 Å². The van der Waals surface area contributed by atoms with Gasteiger partial charge < -0.3 is 15.6 Å². The summed E-state index contributed by atoms with van der Waals surface area (Å²) in [6.07, 6.45) is 0. The van der Waals surface area contributed by atoms with Gasteiger partial charge >= 0.3 is 0 Å². The summed E-state index contributed by atoms with van der Waals surface area (Å²) in [4.78, 5) is 4.44. The van der Waals surface area contributed by atoms with Crippen molar-refractivity contribution >= 4 is 39.1 Å². The lowest BCUT2D eigenvalue weighted by Gasteiger charge is -2.07. The molecule has 3 N–H and O–H groups in total. The minimum Gasteiger partial charge on any atom is -0.369 e. The van der Waals surface area contributed by atoms with Crippen LogP contribution >= 0.6 is 0 Å². The van der Waals surface area contributed by atoms with Crippen molar-refractivity contribution in [1.82, 2.24) is 4.57 Å². The van der Waals surface area contributed by atoms with E-state index in [0.29, 0.717) is 5.96 Å². The first kappa shape index (κ1) is 16.2. The van der Waals surface area contributed by atoms with Crippen molar-refractivity contribution < 1.29 is 0 Å². The fourth-order valence-corrected chi connectivity index (χ4v) is 3.41. The van der Waals surface area contributed by atoms with Crippen molar-refractivity contribution in [2.24, 2.45) is 10.7 Å². The second-order valence-corrected chi connectivity index (χ2v) is 6.45. The standard InChI is InChI=1S/C22H22N4/c1-3-26-20-7-5-4-6-18(20)19-14-17(12-13-21(19)26)25-22(23)24-16-10-8-15(2)9-11-16/h4-14H,3H2,1-2H3,(H3,23,24,25). The number of hydrogen-bond donors (Lipinski definition) is 2. The summed E-state index contributed by atoms with van der Waals surface area (Å²) >= 11 is 0. The molecule has 0 aliphatic carbocycles. The average Bonchev–Trinajstić information content (AvgIpc) is 2.97. The van der Waals surface area contributed by atoms with Crippen LogP contribution in [0.4, 0.5) is 11.4 Å².